The van der Waals surface area contributed by atoms with Crippen molar-refractivity contribution in [1.82, 2.24) is 15.5 Å². The summed E-state index contributed by atoms with van der Waals surface area (Å²) in [4.78, 5) is 7.71. The van der Waals surface area contributed by atoms with E-state index in [1.54, 1.807) is 0 Å². The molecule has 0 bridgehead atoms. The number of rotatable bonds is 7. The van der Waals surface area contributed by atoms with Crippen LogP contribution in [0.4, 0.5) is 0 Å². The minimum absolute atomic E-state index is 0.180. The molecule has 1 aromatic carbocycles. The quantitative estimate of drug-likeness (QED) is 0.558. The third-order valence-electron chi connectivity index (χ3n) is 6.26. The van der Waals surface area contributed by atoms with E-state index in [1.165, 1.54) is 37.1 Å². The number of ether oxygens (including phenoxy) is 1. The van der Waals surface area contributed by atoms with Crippen molar-refractivity contribution >= 4 is 5.96 Å². The zero-order chi connectivity index (χ0) is 19.8. The average Bonchev–Trinajstić information content (AvgIpc) is 3.26. The normalized spacial score (nSPS) is 21.5. The molecular weight excluding hydrogens is 348 g/mol. The summed E-state index contributed by atoms with van der Waals surface area (Å²) in [6.07, 6.45) is 4.82. The molecule has 1 unspecified atom stereocenters. The molecule has 0 radical (unpaired) electrons. The van der Waals surface area contributed by atoms with Gasteiger partial charge in [-0.2, -0.15) is 0 Å². The summed E-state index contributed by atoms with van der Waals surface area (Å²) in [5, 5.41) is 7.01. The largest absolute Gasteiger partial charge is 0.381 e. The van der Waals surface area contributed by atoms with E-state index in [-0.39, 0.29) is 5.54 Å². The van der Waals surface area contributed by atoms with Gasteiger partial charge in [0.2, 0.25) is 0 Å². The Morgan fingerprint density at radius 1 is 1.21 bits per heavy atom. The van der Waals surface area contributed by atoms with Gasteiger partial charge in [0.1, 0.15) is 0 Å². The van der Waals surface area contributed by atoms with Crippen LogP contribution in [0.25, 0.3) is 0 Å². The summed E-state index contributed by atoms with van der Waals surface area (Å²) in [5.74, 6) is 1.38. The van der Waals surface area contributed by atoms with Crippen LogP contribution in [-0.2, 0) is 4.74 Å². The van der Waals surface area contributed by atoms with Crippen LogP contribution in [0.2, 0.25) is 0 Å². The van der Waals surface area contributed by atoms with Gasteiger partial charge >= 0.3 is 0 Å². The number of aliphatic imine (C=N–C) groups is 1. The maximum Gasteiger partial charge on any atom is 0.191 e. The van der Waals surface area contributed by atoms with Crippen LogP contribution in [0, 0.1) is 6.92 Å². The molecule has 1 aromatic rings. The van der Waals surface area contributed by atoms with Gasteiger partial charge in [0, 0.05) is 31.8 Å². The molecule has 0 amide bonds. The van der Waals surface area contributed by atoms with E-state index in [0.717, 1.165) is 51.6 Å². The molecular formula is C23H38N4O. The predicted molar refractivity (Wildman–Crippen MR) is 117 cm³/mol. The summed E-state index contributed by atoms with van der Waals surface area (Å²) >= 11 is 0. The van der Waals surface area contributed by atoms with E-state index in [0.29, 0.717) is 5.92 Å². The molecule has 3 rings (SSSR count). The van der Waals surface area contributed by atoms with Crippen LogP contribution in [0.1, 0.15) is 56.6 Å². The summed E-state index contributed by atoms with van der Waals surface area (Å²) in [5.41, 5.74) is 2.87. The Morgan fingerprint density at radius 3 is 2.64 bits per heavy atom. The van der Waals surface area contributed by atoms with Crippen LogP contribution in [0.3, 0.4) is 0 Å². The molecule has 2 saturated heterocycles. The maximum atomic E-state index is 5.67. The Labute approximate surface area is 170 Å². The van der Waals surface area contributed by atoms with Gasteiger partial charge in [-0.15, -0.1) is 0 Å². The zero-order valence-electron chi connectivity index (χ0n) is 18.0. The molecule has 2 heterocycles. The first kappa shape index (κ1) is 21.1. The minimum Gasteiger partial charge on any atom is -0.381 e. The lowest BCUT2D eigenvalue weighted by molar-refractivity contribution is -0.0139. The molecule has 0 aliphatic carbocycles. The number of likely N-dealkylation sites (tertiary alicyclic amines) is 1. The van der Waals surface area contributed by atoms with Crippen molar-refractivity contribution in [3.05, 3.63) is 35.4 Å². The van der Waals surface area contributed by atoms with Crippen LogP contribution >= 0.6 is 0 Å². The average molecular weight is 387 g/mol. The van der Waals surface area contributed by atoms with Crippen LogP contribution in [0.5, 0.6) is 0 Å². The van der Waals surface area contributed by atoms with Gasteiger partial charge in [-0.25, -0.2) is 0 Å². The van der Waals surface area contributed by atoms with Crippen molar-refractivity contribution in [2.24, 2.45) is 4.99 Å². The fraction of sp³-hybridized carbons (Fsp3) is 0.696. The highest BCUT2D eigenvalue weighted by atomic mass is 16.5. The molecule has 156 valence electrons. The number of benzene rings is 1. The molecule has 0 saturated carbocycles. The Balaban J connectivity index is 1.63. The number of nitrogens with one attached hydrogen (secondary N) is 2. The maximum absolute atomic E-state index is 5.67. The Kier molecular flexibility index (Phi) is 7.74. The lowest BCUT2D eigenvalue weighted by atomic mass is 9.88. The highest BCUT2D eigenvalue weighted by molar-refractivity contribution is 5.79. The highest BCUT2D eigenvalue weighted by Crippen LogP contribution is 2.31. The minimum atomic E-state index is 0.180. The predicted octanol–water partition coefficient (Wildman–Crippen LogP) is 3.30. The van der Waals surface area contributed by atoms with E-state index in [2.05, 4.69) is 60.6 Å². The van der Waals surface area contributed by atoms with E-state index < -0.39 is 0 Å². The zero-order valence-corrected chi connectivity index (χ0v) is 18.0. The van der Waals surface area contributed by atoms with Gasteiger partial charge in [0.25, 0.3) is 0 Å². The smallest absolute Gasteiger partial charge is 0.191 e. The van der Waals surface area contributed by atoms with Gasteiger partial charge in [-0.1, -0.05) is 36.8 Å². The van der Waals surface area contributed by atoms with Gasteiger partial charge in [0.05, 0.1) is 6.54 Å². The standard InChI is InChI=1S/C23H38N4O/c1-4-24-22(25-17-20(3)21-9-7-8-19(2)16-21)26-18-23(10-14-28-15-11-23)27-12-5-6-13-27/h7-9,16,20H,4-6,10-15,17-18H2,1-3H3,(H2,24,25,26). The molecule has 0 aromatic heterocycles. The molecule has 28 heavy (non-hydrogen) atoms. The van der Waals surface area contributed by atoms with Crippen molar-refractivity contribution in [2.75, 3.05) is 45.9 Å². The molecule has 2 aliphatic heterocycles. The second kappa shape index (κ2) is 10.3. The van der Waals surface area contributed by atoms with Crippen molar-refractivity contribution in [1.29, 1.82) is 0 Å². The van der Waals surface area contributed by atoms with Crippen molar-refractivity contribution < 1.29 is 4.74 Å². The number of aryl methyl sites for hydroxylation is 1. The molecule has 5 heteroatoms. The fourth-order valence-corrected chi connectivity index (χ4v) is 4.43. The molecule has 5 nitrogen and oxygen atoms in total. The first-order valence-corrected chi connectivity index (χ1v) is 11.0. The fourth-order valence-electron chi connectivity index (χ4n) is 4.43. The summed E-state index contributed by atoms with van der Waals surface area (Å²) < 4.78 is 5.67. The van der Waals surface area contributed by atoms with Gasteiger partial charge in [-0.05, 0) is 64.1 Å². The van der Waals surface area contributed by atoms with E-state index in [1.807, 2.05) is 0 Å². The number of hydrogen-bond donors (Lipinski definition) is 2. The number of nitrogens with zero attached hydrogens (tertiary/aromatic N) is 2. The Bertz CT molecular complexity index is 633. The molecule has 2 N–H and O–H groups in total. The molecule has 0 spiro atoms. The SMILES string of the molecule is CCNC(=NCC1(N2CCCC2)CCOCC1)NCC(C)c1cccc(C)c1. The van der Waals surface area contributed by atoms with Gasteiger partial charge in [-0.3, -0.25) is 9.89 Å². The first-order valence-electron chi connectivity index (χ1n) is 11.0. The van der Waals surface area contributed by atoms with Gasteiger partial charge < -0.3 is 15.4 Å². The molecule has 2 aliphatic rings. The van der Waals surface area contributed by atoms with Crippen LogP contribution < -0.4 is 10.6 Å². The Hall–Kier alpha value is -1.59. The van der Waals surface area contributed by atoms with E-state index >= 15 is 0 Å². The lowest BCUT2D eigenvalue weighted by Gasteiger charge is -2.43. The van der Waals surface area contributed by atoms with E-state index in [9.17, 15) is 0 Å². The summed E-state index contributed by atoms with van der Waals surface area (Å²) in [7, 11) is 0. The van der Waals surface area contributed by atoms with Crippen molar-refractivity contribution in [3.63, 3.8) is 0 Å². The summed E-state index contributed by atoms with van der Waals surface area (Å²) in [6.45, 7) is 13.3. The third-order valence-corrected chi connectivity index (χ3v) is 6.26. The van der Waals surface area contributed by atoms with Crippen molar-refractivity contribution in [3.8, 4) is 0 Å². The molecule has 1 atom stereocenters. The number of guanidine groups is 1. The van der Waals surface area contributed by atoms with E-state index in [4.69, 9.17) is 9.73 Å². The first-order chi connectivity index (χ1) is 13.6. The third kappa shape index (κ3) is 5.48. The molecule has 2 fully saturated rings. The van der Waals surface area contributed by atoms with Crippen LogP contribution in [0.15, 0.2) is 29.3 Å². The van der Waals surface area contributed by atoms with Gasteiger partial charge in [0.15, 0.2) is 5.96 Å². The second-order valence-corrected chi connectivity index (χ2v) is 8.42. The second-order valence-electron chi connectivity index (χ2n) is 8.42. The monoisotopic (exact) mass is 386 g/mol. The van der Waals surface area contributed by atoms with Crippen molar-refractivity contribution in [2.45, 2.75) is 57.9 Å². The lowest BCUT2D eigenvalue weighted by Crippen LogP contribution is -2.54. The Morgan fingerprint density at radius 2 is 1.96 bits per heavy atom. The van der Waals surface area contributed by atoms with Crippen LogP contribution in [-0.4, -0.2) is 62.3 Å². The topological polar surface area (TPSA) is 48.9 Å². The summed E-state index contributed by atoms with van der Waals surface area (Å²) in [6, 6.07) is 8.79. The highest BCUT2D eigenvalue weighted by Gasteiger charge is 2.39. The number of hydrogen-bond acceptors (Lipinski definition) is 3.